The van der Waals surface area contributed by atoms with Gasteiger partial charge in [-0.25, -0.2) is 4.98 Å². The van der Waals surface area contributed by atoms with Gasteiger partial charge in [0.15, 0.2) is 0 Å². The molecule has 0 aliphatic carbocycles. The van der Waals surface area contributed by atoms with E-state index in [2.05, 4.69) is 21.4 Å². The molecule has 0 saturated heterocycles. The predicted molar refractivity (Wildman–Crippen MR) is 94.5 cm³/mol. The van der Waals surface area contributed by atoms with E-state index in [4.69, 9.17) is 4.74 Å². The molecule has 3 aromatic rings. The van der Waals surface area contributed by atoms with E-state index >= 15 is 0 Å². The number of aromatic nitrogens is 2. The second kappa shape index (κ2) is 7.17. The smallest absolute Gasteiger partial charge is 0.251 e. The Morgan fingerprint density at radius 1 is 1.25 bits per heavy atom. The molecule has 2 N–H and O–H groups in total. The standard InChI is InChI=1S/C19H21N3O2/c1-3-24-18-7-4-14(10-13(18)2)8-9-20-19(23)15-5-6-16-17(11-15)22-12-21-16/h4-7,10-12H,3,8-9H2,1-2H3,(H,20,23)(H,21,22). The average Bonchev–Trinajstić information content (AvgIpc) is 3.05. The summed E-state index contributed by atoms with van der Waals surface area (Å²) in [5.74, 6) is 0.840. The van der Waals surface area contributed by atoms with Crippen molar-refractivity contribution in [1.29, 1.82) is 0 Å². The Morgan fingerprint density at radius 3 is 2.92 bits per heavy atom. The van der Waals surface area contributed by atoms with Crippen LogP contribution in [0.25, 0.3) is 11.0 Å². The van der Waals surface area contributed by atoms with E-state index in [9.17, 15) is 4.79 Å². The molecule has 0 spiro atoms. The second-order valence-corrected chi connectivity index (χ2v) is 5.67. The quantitative estimate of drug-likeness (QED) is 0.732. The number of nitrogens with one attached hydrogen (secondary N) is 2. The molecule has 0 bridgehead atoms. The Bertz CT molecular complexity index is 855. The number of rotatable bonds is 6. The van der Waals surface area contributed by atoms with Crippen LogP contribution < -0.4 is 10.1 Å². The molecule has 5 heteroatoms. The van der Waals surface area contributed by atoms with Gasteiger partial charge in [0.1, 0.15) is 5.75 Å². The van der Waals surface area contributed by atoms with Crippen molar-refractivity contribution in [1.82, 2.24) is 15.3 Å². The van der Waals surface area contributed by atoms with Crippen molar-refractivity contribution in [2.24, 2.45) is 0 Å². The lowest BCUT2D eigenvalue weighted by molar-refractivity contribution is 0.0954. The number of fused-ring (bicyclic) bond motifs is 1. The molecule has 2 aromatic carbocycles. The van der Waals surface area contributed by atoms with Crippen molar-refractivity contribution in [3.8, 4) is 5.75 Å². The Hall–Kier alpha value is -2.82. The van der Waals surface area contributed by atoms with E-state index in [0.29, 0.717) is 18.7 Å². The van der Waals surface area contributed by atoms with Crippen molar-refractivity contribution in [3.63, 3.8) is 0 Å². The summed E-state index contributed by atoms with van der Waals surface area (Å²) in [5.41, 5.74) is 4.65. The minimum atomic E-state index is -0.0749. The van der Waals surface area contributed by atoms with Crippen LogP contribution in [0.3, 0.4) is 0 Å². The molecular weight excluding hydrogens is 302 g/mol. The van der Waals surface area contributed by atoms with Crippen molar-refractivity contribution in [3.05, 3.63) is 59.4 Å². The van der Waals surface area contributed by atoms with Crippen LogP contribution in [0.5, 0.6) is 5.75 Å². The average molecular weight is 323 g/mol. The van der Waals surface area contributed by atoms with Crippen molar-refractivity contribution >= 4 is 16.9 Å². The van der Waals surface area contributed by atoms with Crippen LogP contribution in [0, 0.1) is 6.92 Å². The number of H-pyrrole nitrogens is 1. The number of hydrogen-bond acceptors (Lipinski definition) is 3. The minimum absolute atomic E-state index is 0.0749. The number of hydrogen-bond donors (Lipinski definition) is 2. The van der Waals surface area contributed by atoms with Crippen molar-refractivity contribution in [2.75, 3.05) is 13.2 Å². The Morgan fingerprint density at radius 2 is 2.12 bits per heavy atom. The van der Waals surface area contributed by atoms with Gasteiger partial charge >= 0.3 is 0 Å². The first kappa shape index (κ1) is 16.1. The topological polar surface area (TPSA) is 67.0 Å². The van der Waals surface area contributed by atoms with Gasteiger partial charge in [-0.3, -0.25) is 4.79 Å². The molecule has 3 rings (SSSR count). The zero-order valence-corrected chi connectivity index (χ0v) is 13.9. The fourth-order valence-electron chi connectivity index (χ4n) is 2.68. The highest BCUT2D eigenvalue weighted by Gasteiger charge is 2.07. The summed E-state index contributed by atoms with van der Waals surface area (Å²) >= 11 is 0. The molecule has 0 aliphatic rings. The minimum Gasteiger partial charge on any atom is -0.494 e. The number of benzene rings is 2. The third kappa shape index (κ3) is 3.56. The molecule has 1 amide bonds. The summed E-state index contributed by atoms with van der Waals surface area (Å²) in [6.07, 6.45) is 2.41. The lowest BCUT2D eigenvalue weighted by atomic mass is 10.1. The summed E-state index contributed by atoms with van der Waals surface area (Å²) in [6, 6.07) is 11.6. The van der Waals surface area contributed by atoms with Crippen LogP contribution in [-0.2, 0) is 6.42 Å². The number of carbonyl (C=O) groups excluding carboxylic acids is 1. The van der Waals surface area contributed by atoms with E-state index in [1.54, 1.807) is 12.4 Å². The summed E-state index contributed by atoms with van der Waals surface area (Å²) in [7, 11) is 0. The number of ether oxygens (including phenoxy) is 1. The molecule has 0 unspecified atom stereocenters. The lowest BCUT2D eigenvalue weighted by Crippen LogP contribution is -2.25. The lowest BCUT2D eigenvalue weighted by Gasteiger charge is -2.10. The van der Waals surface area contributed by atoms with E-state index in [1.165, 1.54) is 5.56 Å². The van der Waals surface area contributed by atoms with Gasteiger partial charge in [-0.15, -0.1) is 0 Å². The zero-order valence-electron chi connectivity index (χ0n) is 13.9. The number of carbonyl (C=O) groups is 1. The highest BCUT2D eigenvalue weighted by Crippen LogP contribution is 2.19. The summed E-state index contributed by atoms with van der Waals surface area (Å²) in [5, 5.41) is 2.96. The number of aryl methyl sites for hydroxylation is 1. The van der Waals surface area contributed by atoms with Crippen molar-refractivity contribution < 1.29 is 9.53 Å². The largest absolute Gasteiger partial charge is 0.494 e. The van der Waals surface area contributed by atoms with Crippen LogP contribution in [0.15, 0.2) is 42.7 Å². The molecule has 1 heterocycles. The number of amides is 1. The van der Waals surface area contributed by atoms with Crippen LogP contribution in [0.1, 0.15) is 28.4 Å². The van der Waals surface area contributed by atoms with Gasteiger partial charge in [-0.05, 0) is 55.7 Å². The van der Waals surface area contributed by atoms with Crippen LogP contribution in [0.2, 0.25) is 0 Å². The maximum Gasteiger partial charge on any atom is 0.251 e. The molecular formula is C19H21N3O2. The summed E-state index contributed by atoms with van der Waals surface area (Å²) < 4.78 is 5.54. The predicted octanol–water partition coefficient (Wildman–Crippen LogP) is 3.24. The van der Waals surface area contributed by atoms with Crippen LogP contribution in [0.4, 0.5) is 0 Å². The van der Waals surface area contributed by atoms with Gasteiger partial charge < -0.3 is 15.0 Å². The van der Waals surface area contributed by atoms with Gasteiger partial charge in [-0.2, -0.15) is 0 Å². The molecule has 0 fully saturated rings. The Labute approximate surface area is 141 Å². The molecule has 0 saturated carbocycles. The van der Waals surface area contributed by atoms with E-state index < -0.39 is 0 Å². The molecule has 24 heavy (non-hydrogen) atoms. The van der Waals surface area contributed by atoms with Gasteiger partial charge in [-0.1, -0.05) is 12.1 Å². The number of imidazole rings is 1. The first-order valence-electron chi connectivity index (χ1n) is 8.11. The normalized spacial score (nSPS) is 10.8. The molecule has 0 aliphatic heterocycles. The fourth-order valence-corrected chi connectivity index (χ4v) is 2.68. The summed E-state index contributed by atoms with van der Waals surface area (Å²) in [4.78, 5) is 19.4. The Kier molecular flexibility index (Phi) is 4.79. The summed E-state index contributed by atoms with van der Waals surface area (Å²) in [6.45, 7) is 5.26. The van der Waals surface area contributed by atoms with E-state index in [0.717, 1.165) is 28.8 Å². The van der Waals surface area contributed by atoms with Gasteiger partial charge in [0.2, 0.25) is 0 Å². The van der Waals surface area contributed by atoms with E-state index in [-0.39, 0.29) is 5.91 Å². The zero-order chi connectivity index (χ0) is 16.9. The monoisotopic (exact) mass is 323 g/mol. The van der Waals surface area contributed by atoms with Crippen molar-refractivity contribution in [2.45, 2.75) is 20.3 Å². The maximum atomic E-state index is 12.2. The third-order valence-electron chi connectivity index (χ3n) is 3.92. The number of nitrogens with zero attached hydrogens (tertiary/aromatic N) is 1. The maximum absolute atomic E-state index is 12.2. The third-order valence-corrected chi connectivity index (χ3v) is 3.92. The molecule has 0 atom stereocenters. The van der Waals surface area contributed by atoms with Crippen LogP contribution >= 0.6 is 0 Å². The van der Waals surface area contributed by atoms with E-state index in [1.807, 2.05) is 38.1 Å². The number of aromatic amines is 1. The van der Waals surface area contributed by atoms with Gasteiger partial charge in [0.25, 0.3) is 5.91 Å². The first-order valence-corrected chi connectivity index (χ1v) is 8.11. The molecule has 1 aromatic heterocycles. The molecule has 124 valence electrons. The molecule has 5 nitrogen and oxygen atoms in total. The Balaban J connectivity index is 1.57. The fraction of sp³-hybridized carbons (Fsp3) is 0.263. The van der Waals surface area contributed by atoms with Gasteiger partial charge in [0.05, 0.1) is 24.0 Å². The molecule has 0 radical (unpaired) electrons. The SMILES string of the molecule is CCOc1ccc(CCNC(=O)c2ccc3nc[nH]c3c2)cc1C. The first-order chi connectivity index (χ1) is 11.7. The van der Waals surface area contributed by atoms with Crippen LogP contribution in [-0.4, -0.2) is 29.0 Å². The highest BCUT2D eigenvalue weighted by molar-refractivity contribution is 5.97. The van der Waals surface area contributed by atoms with Gasteiger partial charge in [0, 0.05) is 12.1 Å². The highest BCUT2D eigenvalue weighted by atomic mass is 16.5. The second-order valence-electron chi connectivity index (χ2n) is 5.67.